The topological polar surface area (TPSA) is 52.7 Å². The van der Waals surface area contributed by atoms with Crippen LogP contribution in [0.25, 0.3) is 10.8 Å². The van der Waals surface area contributed by atoms with E-state index in [-0.39, 0.29) is 85.1 Å². The third-order valence-corrected chi connectivity index (χ3v) is 17.4. The van der Waals surface area contributed by atoms with Gasteiger partial charge in [-0.05, 0) is 118 Å². The number of hydrogen-bond acceptors (Lipinski definition) is 4. The Morgan fingerprint density at radius 2 is 0.700 bits per heavy atom. The second-order valence-electron chi connectivity index (χ2n) is 24.4. The minimum atomic E-state index is -4.40. The van der Waals surface area contributed by atoms with Crippen molar-refractivity contribution in [3.63, 3.8) is 0 Å². The van der Waals surface area contributed by atoms with Gasteiger partial charge in [-0.15, -0.1) is 11.8 Å². The molecule has 0 radical (unpaired) electrons. The Hall–Kier alpha value is -6.79. The number of carbonyl (C=O) groups is 2. The maximum atomic E-state index is 12.7. The molecule has 2 heterocycles. The van der Waals surface area contributed by atoms with Gasteiger partial charge >= 0.3 is 12.4 Å². The summed E-state index contributed by atoms with van der Waals surface area (Å²) < 4.78 is 76.0. The Kier molecular flexibility index (Phi) is 131. The molecule has 3 fully saturated rings. The van der Waals surface area contributed by atoms with Gasteiger partial charge in [0.1, 0.15) is 0 Å². The van der Waals surface area contributed by atoms with E-state index in [1.54, 1.807) is 13.8 Å². The molecule has 706 valence electrons. The summed E-state index contributed by atoms with van der Waals surface area (Å²) in [6.45, 7) is 60.2. The third-order valence-electron chi connectivity index (χ3n) is 16.3. The SMILES string of the molecule is C.C.C.C.C.C.C.C.C.CC.CC.CC.CC.CC.CC.CC.CC.CC.CC.CC1C=CCC1.CC1CCC1.CC1CCCC1.CC1CCCCC1.CCN1C(=O)CCNc2ccc(C(F)(F)F)cc21.CCN1C(=O)CCSc2ccc(C(F)(F)F)cc21.Cc1ccc2ccccc2c1.Cc1ccccc1.Cc1ccccc1.c1ccccc1. The lowest BCUT2D eigenvalue weighted by molar-refractivity contribution is -0.138. The van der Waals surface area contributed by atoms with E-state index >= 15 is 0 Å². The first-order valence-corrected chi connectivity index (χ1v) is 44.1. The van der Waals surface area contributed by atoms with E-state index in [1.165, 1.54) is 151 Å². The fourth-order valence-corrected chi connectivity index (χ4v) is 11.5. The second-order valence-corrected chi connectivity index (χ2v) is 25.6. The molecule has 6 aliphatic rings. The molecule has 5 nitrogen and oxygen atoms in total. The predicted molar refractivity (Wildman–Crippen MR) is 549 cm³/mol. The summed E-state index contributed by atoms with van der Waals surface area (Å²) in [6.07, 6.45) is 16.9. The molecule has 120 heavy (non-hydrogen) atoms. The number of hydrogen-bond donors (Lipinski definition) is 1. The van der Waals surface area contributed by atoms with Crippen molar-refractivity contribution < 1.29 is 35.9 Å². The molecular formula is C108H199F6N3O2S. The maximum absolute atomic E-state index is 12.7. The number of thioether (sulfide) groups is 1. The number of amides is 2. The number of carbonyl (C=O) groups excluding carboxylic acids is 2. The Balaban J connectivity index is -0.0000000709. The lowest BCUT2D eigenvalue weighted by Gasteiger charge is -2.22. The molecule has 0 aromatic heterocycles. The van der Waals surface area contributed by atoms with Crippen LogP contribution < -0.4 is 15.1 Å². The van der Waals surface area contributed by atoms with Gasteiger partial charge in [0.15, 0.2) is 0 Å². The van der Waals surface area contributed by atoms with Crippen LogP contribution >= 0.6 is 11.8 Å². The van der Waals surface area contributed by atoms with E-state index in [4.69, 9.17) is 0 Å². The van der Waals surface area contributed by atoms with Crippen LogP contribution in [0.2, 0.25) is 0 Å². The molecule has 2 amide bonds. The first-order valence-electron chi connectivity index (χ1n) is 43.1. The maximum Gasteiger partial charge on any atom is 0.416 e. The highest BCUT2D eigenvalue weighted by atomic mass is 32.2. The summed E-state index contributed by atoms with van der Waals surface area (Å²) in [5, 5.41) is 5.61. The highest BCUT2D eigenvalue weighted by Crippen LogP contribution is 2.40. The van der Waals surface area contributed by atoms with Crippen molar-refractivity contribution in [3.8, 4) is 0 Å². The number of benzene rings is 7. The van der Waals surface area contributed by atoms with Crippen LogP contribution in [0.3, 0.4) is 0 Å². The lowest BCUT2D eigenvalue weighted by Crippen LogP contribution is -2.30. The zero-order chi connectivity index (χ0) is 86.4. The molecule has 1 atom stereocenters. The second kappa shape index (κ2) is 105. The van der Waals surface area contributed by atoms with Gasteiger partial charge < -0.3 is 15.1 Å². The van der Waals surface area contributed by atoms with Gasteiger partial charge in [-0.2, -0.15) is 26.3 Å². The summed E-state index contributed by atoms with van der Waals surface area (Å²) in [4.78, 5) is 27.1. The Morgan fingerprint density at radius 1 is 0.367 bits per heavy atom. The largest absolute Gasteiger partial charge is 0.416 e. The molecule has 13 rings (SSSR count). The molecule has 7 aromatic rings. The van der Waals surface area contributed by atoms with Crippen LogP contribution in [0.15, 0.2) is 193 Å². The van der Waals surface area contributed by atoms with Crippen molar-refractivity contribution in [2.24, 2.45) is 23.7 Å². The summed E-state index contributed by atoms with van der Waals surface area (Å²) in [5.41, 5.74) is 3.75. The van der Waals surface area contributed by atoms with Crippen LogP contribution in [-0.2, 0) is 21.9 Å². The molecular weight excluding hydrogens is 1520 g/mol. The van der Waals surface area contributed by atoms with E-state index in [1.807, 2.05) is 211 Å². The van der Waals surface area contributed by atoms with Crippen molar-refractivity contribution in [2.45, 2.75) is 388 Å². The zero-order valence-electron chi connectivity index (χ0n) is 75.7. The summed E-state index contributed by atoms with van der Waals surface area (Å²) in [6, 6.07) is 54.4. The quantitative estimate of drug-likeness (QED) is 0.138. The average Bonchev–Trinajstić information content (AvgIpc) is 1.52. The normalized spacial score (nSPS) is 13.1. The number of nitrogens with zero attached hydrogens (tertiary/aromatic N) is 2. The minimum absolute atomic E-state index is 0. The fraction of sp³-hybridized carbons (Fsp3) is 0.593. The number of allylic oxidation sites excluding steroid dienone is 2. The van der Waals surface area contributed by atoms with Gasteiger partial charge in [0.25, 0.3) is 0 Å². The van der Waals surface area contributed by atoms with Crippen LogP contribution in [0.4, 0.5) is 43.4 Å². The summed E-state index contributed by atoms with van der Waals surface area (Å²) in [7, 11) is 0. The fourth-order valence-electron chi connectivity index (χ4n) is 10.5. The van der Waals surface area contributed by atoms with Crippen molar-refractivity contribution in [1.29, 1.82) is 0 Å². The molecule has 7 aromatic carbocycles. The number of fused-ring (bicyclic) bond motifs is 3. The predicted octanol–water partition coefficient (Wildman–Crippen LogP) is 39.8. The van der Waals surface area contributed by atoms with Crippen molar-refractivity contribution in [3.05, 3.63) is 216 Å². The van der Waals surface area contributed by atoms with Crippen molar-refractivity contribution in [1.82, 2.24) is 0 Å². The van der Waals surface area contributed by atoms with E-state index in [0.29, 0.717) is 48.9 Å². The summed E-state index contributed by atoms with van der Waals surface area (Å²) >= 11 is 1.42. The first kappa shape index (κ1) is 151. The molecule has 0 bridgehead atoms. The standard InChI is InChI=1S/C12H13F3N2O.C12H12F3NOS.C11H10.C7H14.2C7H8.C6H12.C6H10.C6H6.C5H10.10C2H6.9CH4/c1-2-17-10-7-8(12(13,14)15)3-4-9(10)16-6-5-11(17)18;1-2-16-9-7-8(12(13,14)15)3-4-10(9)18-6-5-11(16)17;1-9-6-7-10-4-2-3-5-11(10)8-9;3*1-7-5-3-2-4-6-7;2*1-6-4-2-3-5-6;1-2-4-6-5-3-1;1-5-3-2-4-5;10*1-2;;;;;;;;;/h3-4,7,16H,2,5-6H2,1H3;3-4,7H,2,5-6H2,1H3;2-8H,1H3;7H,2-6H2,1H3;2*2-6H,1H3;6H,2-5H2,1H3;2,4,6H,3,5H2,1H3;1-6H;5H,2-4H2,1H3;10*1-2H3;9*1H4. The number of alkyl halides is 6. The minimum Gasteiger partial charge on any atom is -0.383 e. The highest BCUT2D eigenvalue weighted by Gasteiger charge is 2.34. The highest BCUT2D eigenvalue weighted by molar-refractivity contribution is 7.99. The Bertz CT molecular complexity index is 2970. The van der Waals surface area contributed by atoms with Gasteiger partial charge in [-0.1, -0.05) is 478 Å². The van der Waals surface area contributed by atoms with E-state index in [9.17, 15) is 35.9 Å². The van der Waals surface area contributed by atoms with Crippen LogP contribution in [0, 0.1) is 44.4 Å². The number of rotatable bonds is 2. The molecule has 2 aliphatic heterocycles. The molecule has 1 N–H and O–H groups in total. The van der Waals surface area contributed by atoms with Crippen LogP contribution in [0.5, 0.6) is 0 Å². The van der Waals surface area contributed by atoms with Gasteiger partial charge in [-0.3, -0.25) is 9.59 Å². The van der Waals surface area contributed by atoms with Crippen LogP contribution in [-0.4, -0.2) is 37.2 Å². The third kappa shape index (κ3) is 76.1. The average molecular weight is 1720 g/mol. The number of halogens is 6. The molecule has 0 spiro atoms. The monoisotopic (exact) mass is 1720 g/mol. The molecule has 4 aliphatic carbocycles. The number of aryl methyl sites for hydroxylation is 3. The van der Waals surface area contributed by atoms with E-state index in [0.717, 1.165) is 52.8 Å². The van der Waals surface area contributed by atoms with Gasteiger partial charge in [0.05, 0.1) is 28.2 Å². The number of anilines is 3. The van der Waals surface area contributed by atoms with Crippen molar-refractivity contribution in [2.75, 3.05) is 40.5 Å². The van der Waals surface area contributed by atoms with Gasteiger partial charge in [-0.25, -0.2) is 0 Å². The smallest absolute Gasteiger partial charge is 0.383 e. The number of nitrogens with one attached hydrogen (secondary N) is 1. The van der Waals surface area contributed by atoms with Crippen molar-refractivity contribution >= 4 is 51.4 Å². The Labute approximate surface area is 750 Å². The van der Waals surface area contributed by atoms with E-state index < -0.39 is 23.5 Å². The molecule has 1 unspecified atom stereocenters. The molecule has 3 saturated carbocycles. The van der Waals surface area contributed by atoms with Crippen LogP contribution in [0.1, 0.15) is 377 Å². The Morgan fingerprint density at radius 3 is 1.00 bits per heavy atom. The lowest BCUT2D eigenvalue weighted by atomic mass is 9.88. The zero-order valence-corrected chi connectivity index (χ0v) is 76.6. The first-order chi connectivity index (χ1) is 53.6. The molecule has 12 heteroatoms. The van der Waals surface area contributed by atoms with E-state index in [2.05, 4.69) is 133 Å². The van der Waals surface area contributed by atoms with Gasteiger partial charge in [0, 0.05) is 43.1 Å². The van der Waals surface area contributed by atoms with Gasteiger partial charge in [0.2, 0.25) is 11.8 Å². The summed E-state index contributed by atoms with van der Waals surface area (Å²) in [5.74, 6) is 4.33. The molecule has 0 saturated heterocycles.